The normalized spacial score (nSPS) is 32.8. The minimum atomic E-state index is -1.05. The van der Waals surface area contributed by atoms with Gasteiger partial charge in [0.15, 0.2) is 0 Å². The van der Waals surface area contributed by atoms with Gasteiger partial charge in [0.1, 0.15) is 6.79 Å². The Hall–Kier alpha value is -0.163. The molecule has 0 unspecified atom stereocenters. The first-order valence-corrected chi connectivity index (χ1v) is 13.8. The van der Waals surface area contributed by atoms with Crippen LogP contribution in [0.4, 0.5) is 0 Å². The molecule has 0 saturated heterocycles. The molecule has 1 fully saturated rings. The van der Waals surface area contributed by atoms with Crippen LogP contribution in [0.3, 0.4) is 0 Å². The molecule has 0 amide bonds. The molecule has 1 saturated carbocycles. The summed E-state index contributed by atoms with van der Waals surface area (Å²) in [5.74, 6) is 0.627. The molecule has 0 aromatic rings. The highest BCUT2D eigenvalue weighted by Crippen LogP contribution is 2.63. The van der Waals surface area contributed by atoms with Gasteiger partial charge in [-0.15, -0.1) is 0 Å². The van der Waals surface area contributed by atoms with Gasteiger partial charge in [-0.25, -0.2) is 0 Å². The molecule has 146 valence electrons. The van der Waals surface area contributed by atoms with Crippen molar-refractivity contribution < 1.29 is 14.6 Å². The predicted molar refractivity (Wildman–Crippen MR) is 107 cm³/mol. The molecule has 2 aliphatic carbocycles. The first-order chi connectivity index (χ1) is 11.6. The molecule has 2 aliphatic rings. The van der Waals surface area contributed by atoms with Gasteiger partial charge in [-0.05, 0) is 44.1 Å². The van der Waals surface area contributed by atoms with Crippen LogP contribution in [0.25, 0.3) is 0 Å². The third-order valence-corrected chi connectivity index (χ3v) is 8.26. The van der Waals surface area contributed by atoms with Gasteiger partial charge in [0, 0.05) is 25.5 Å². The van der Waals surface area contributed by atoms with Gasteiger partial charge >= 0.3 is 0 Å². The number of allylic oxidation sites excluding steroid dienone is 1. The Morgan fingerprint density at radius 3 is 2.60 bits per heavy atom. The Morgan fingerprint density at radius 1 is 1.28 bits per heavy atom. The summed E-state index contributed by atoms with van der Waals surface area (Å²) in [6.07, 6.45) is 7.98. The van der Waals surface area contributed by atoms with Gasteiger partial charge in [-0.2, -0.15) is 0 Å². The summed E-state index contributed by atoms with van der Waals surface area (Å²) in [4.78, 5) is 0. The first-order valence-electron chi connectivity index (χ1n) is 10.1. The Bertz CT molecular complexity index is 468. The van der Waals surface area contributed by atoms with E-state index < -0.39 is 8.07 Å². The van der Waals surface area contributed by atoms with Gasteiger partial charge in [0.2, 0.25) is 0 Å². The van der Waals surface area contributed by atoms with Crippen molar-refractivity contribution in [1.82, 2.24) is 0 Å². The molecule has 0 aliphatic heterocycles. The summed E-state index contributed by atoms with van der Waals surface area (Å²) in [7, 11) is -1.05. The van der Waals surface area contributed by atoms with Gasteiger partial charge in [0.25, 0.3) is 0 Å². The summed E-state index contributed by atoms with van der Waals surface area (Å²) >= 11 is 0. The van der Waals surface area contributed by atoms with Crippen LogP contribution in [-0.4, -0.2) is 39.3 Å². The van der Waals surface area contributed by atoms with Crippen LogP contribution >= 0.6 is 0 Å². The molecule has 0 spiro atoms. The zero-order valence-electron chi connectivity index (χ0n) is 17.4. The smallest absolute Gasteiger partial charge is 0.147 e. The molecule has 1 N–H and O–H groups in total. The second kappa shape index (κ2) is 8.24. The molecular formula is C21H40O3Si. The largest absolute Gasteiger partial charge is 0.395 e. The lowest BCUT2D eigenvalue weighted by molar-refractivity contribution is -0.137. The second-order valence-corrected chi connectivity index (χ2v) is 15.7. The summed E-state index contributed by atoms with van der Waals surface area (Å²) in [5.41, 5.74) is 1.42. The van der Waals surface area contributed by atoms with E-state index in [9.17, 15) is 5.11 Å². The zero-order valence-corrected chi connectivity index (χ0v) is 18.4. The minimum Gasteiger partial charge on any atom is -0.395 e. The highest BCUT2D eigenvalue weighted by molar-refractivity contribution is 6.76. The quantitative estimate of drug-likeness (QED) is 0.262. The number of aliphatic hydroxyl groups is 1. The average molecular weight is 369 g/mol. The number of ether oxygens (including phenoxy) is 2. The second-order valence-electron chi connectivity index (χ2n) is 10.1. The van der Waals surface area contributed by atoms with E-state index in [-0.39, 0.29) is 23.5 Å². The minimum absolute atomic E-state index is 0.0306. The number of rotatable bonds is 9. The van der Waals surface area contributed by atoms with Gasteiger partial charge < -0.3 is 14.6 Å². The standard InChI is InChI=1S/C21H40O3Si/c1-17(2)14-18-8-7-10-20(3)19(9-11-21(18,20)15-22)24-16-23-12-13-25(4,5)6/h8,17,19,22H,7,9-16H2,1-6H3/t19-,20+,21-/m0/s1. The lowest BCUT2D eigenvalue weighted by atomic mass is 9.56. The van der Waals surface area contributed by atoms with Gasteiger partial charge in [-0.1, -0.05) is 52.1 Å². The summed E-state index contributed by atoms with van der Waals surface area (Å²) in [5, 5.41) is 10.4. The van der Waals surface area contributed by atoms with Crippen molar-refractivity contribution in [3.8, 4) is 0 Å². The van der Waals surface area contributed by atoms with E-state index in [2.05, 4.69) is 46.5 Å². The molecular weight excluding hydrogens is 328 g/mol. The Morgan fingerprint density at radius 2 is 2.00 bits per heavy atom. The lowest BCUT2D eigenvalue weighted by Crippen LogP contribution is -2.48. The Labute approximate surface area is 156 Å². The van der Waals surface area contributed by atoms with Crippen molar-refractivity contribution >= 4 is 8.07 Å². The fourth-order valence-electron chi connectivity index (χ4n) is 4.87. The van der Waals surface area contributed by atoms with E-state index in [1.54, 1.807) is 0 Å². The maximum absolute atomic E-state index is 10.4. The maximum Gasteiger partial charge on any atom is 0.147 e. The van der Waals surface area contributed by atoms with Crippen molar-refractivity contribution in [3.05, 3.63) is 11.6 Å². The molecule has 3 nitrogen and oxygen atoms in total. The predicted octanol–water partition coefficient (Wildman–Crippen LogP) is 5.23. The average Bonchev–Trinajstić information content (AvgIpc) is 2.79. The topological polar surface area (TPSA) is 38.7 Å². The molecule has 25 heavy (non-hydrogen) atoms. The van der Waals surface area contributed by atoms with Gasteiger partial charge in [-0.3, -0.25) is 0 Å². The van der Waals surface area contributed by atoms with Crippen LogP contribution < -0.4 is 0 Å². The van der Waals surface area contributed by atoms with E-state index in [0.717, 1.165) is 38.7 Å². The van der Waals surface area contributed by atoms with Crippen molar-refractivity contribution in [2.45, 2.75) is 84.7 Å². The summed E-state index contributed by atoms with van der Waals surface area (Å²) in [6, 6.07) is 1.18. The molecule has 0 heterocycles. The number of hydrogen-bond donors (Lipinski definition) is 1. The van der Waals surface area contributed by atoms with E-state index in [1.165, 1.54) is 11.6 Å². The molecule has 3 atom stereocenters. The van der Waals surface area contributed by atoms with Crippen LogP contribution in [0.2, 0.25) is 25.7 Å². The van der Waals surface area contributed by atoms with Crippen LogP contribution in [-0.2, 0) is 9.47 Å². The van der Waals surface area contributed by atoms with Crippen LogP contribution in [0.5, 0.6) is 0 Å². The van der Waals surface area contributed by atoms with Gasteiger partial charge in [0.05, 0.1) is 12.7 Å². The highest BCUT2D eigenvalue weighted by atomic mass is 28.3. The highest BCUT2D eigenvalue weighted by Gasteiger charge is 2.59. The fourth-order valence-corrected chi connectivity index (χ4v) is 5.63. The summed E-state index contributed by atoms with van der Waals surface area (Å²) in [6.45, 7) is 15.5. The van der Waals surface area contributed by atoms with Crippen LogP contribution in [0.15, 0.2) is 11.6 Å². The Balaban J connectivity index is 1.99. The van der Waals surface area contributed by atoms with Crippen molar-refractivity contribution in [3.63, 3.8) is 0 Å². The number of aliphatic hydroxyl groups excluding tert-OH is 1. The third-order valence-electron chi connectivity index (χ3n) is 6.55. The summed E-state index contributed by atoms with van der Waals surface area (Å²) < 4.78 is 12.0. The fraction of sp³-hybridized carbons (Fsp3) is 0.905. The molecule has 0 radical (unpaired) electrons. The number of fused-ring (bicyclic) bond motifs is 1. The Kier molecular flexibility index (Phi) is 6.97. The molecule has 0 bridgehead atoms. The van der Waals surface area contributed by atoms with E-state index in [0.29, 0.717) is 12.7 Å². The van der Waals surface area contributed by atoms with E-state index in [1.807, 2.05) is 0 Å². The van der Waals surface area contributed by atoms with Crippen molar-refractivity contribution in [2.75, 3.05) is 20.0 Å². The molecule has 0 aromatic carbocycles. The van der Waals surface area contributed by atoms with Crippen molar-refractivity contribution in [2.24, 2.45) is 16.7 Å². The number of hydrogen-bond acceptors (Lipinski definition) is 3. The van der Waals surface area contributed by atoms with Crippen LogP contribution in [0, 0.1) is 16.7 Å². The molecule has 4 heteroatoms. The monoisotopic (exact) mass is 368 g/mol. The van der Waals surface area contributed by atoms with Crippen LogP contribution in [0.1, 0.15) is 52.9 Å². The lowest BCUT2D eigenvalue weighted by Gasteiger charge is -2.50. The molecule has 2 rings (SSSR count). The third kappa shape index (κ3) is 4.58. The zero-order chi connectivity index (χ0) is 18.7. The SMILES string of the molecule is CC(C)CC1=CCC[C@]2(C)[C@@H](OCOCC[Si](C)(C)C)CC[C@]12CO. The first kappa shape index (κ1) is 21.1. The van der Waals surface area contributed by atoms with E-state index in [4.69, 9.17) is 9.47 Å². The maximum atomic E-state index is 10.4. The van der Waals surface area contributed by atoms with E-state index >= 15 is 0 Å². The van der Waals surface area contributed by atoms with Crippen molar-refractivity contribution in [1.29, 1.82) is 0 Å². The molecule has 0 aromatic heterocycles.